The lowest BCUT2D eigenvalue weighted by Gasteiger charge is -2.23. The second-order valence-electron chi connectivity index (χ2n) is 3.11. The molecule has 14 heavy (non-hydrogen) atoms. The molecule has 0 saturated carbocycles. The molecule has 1 saturated heterocycles. The van der Waals surface area contributed by atoms with Crippen LogP contribution in [-0.2, 0) is 16.1 Å². The Kier molecular flexibility index (Phi) is 2.28. The Bertz CT molecular complexity index is 331. The first-order valence-electron chi connectivity index (χ1n) is 4.18. The number of piperazine rings is 1. The van der Waals surface area contributed by atoms with Crippen LogP contribution in [0, 0.1) is 0 Å². The van der Waals surface area contributed by atoms with Gasteiger partial charge in [0.1, 0.15) is 6.26 Å². The molecule has 2 amide bonds. The lowest BCUT2D eigenvalue weighted by molar-refractivity contribution is -0.136. The third kappa shape index (κ3) is 1.97. The normalized spacial score (nSPS) is 18.3. The van der Waals surface area contributed by atoms with Crippen molar-refractivity contribution in [3.63, 3.8) is 0 Å². The zero-order chi connectivity index (χ0) is 9.97. The lowest BCUT2D eigenvalue weighted by Crippen LogP contribution is -2.50. The highest BCUT2D eigenvalue weighted by atomic mass is 16.5. The maximum absolute atomic E-state index is 11.0. The second kappa shape index (κ2) is 3.59. The van der Waals surface area contributed by atoms with Crippen molar-refractivity contribution in [2.75, 3.05) is 13.1 Å². The summed E-state index contributed by atoms with van der Waals surface area (Å²) in [6, 6.07) is 1.71. The zero-order valence-electron chi connectivity index (χ0n) is 7.40. The Morgan fingerprint density at radius 1 is 1.43 bits per heavy atom. The van der Waals surface area contributed by atoms with E-state index in [-0.39, 0.29) is 24.9 Å². The van der Waals surface area contributed by atoms with Crippen LogP contribution >= 0.6 is 0 Å². The van der Waals surface area contributed by atoms with E-state index in [0.717, 1.165) is 0 Å². The van der Waals surface area contributed by atoms with Gasteiger partial charge in [-0.05, 0) is 0 Å². The Hall–Kier alpha value is -1.69. The summed E-state index contributed by atoms with van der Waals surface area (Å²) in [5.41, 5.74) is 0.715. The van der Waals surface area contributed by atoms with Crippen LogP contribution in [0.25, 0.3) is 0 Å². The monoisotopic (exact) mass is 195 g/mol. The predicted octanol–water partition coefficient (Wildman–Crippen LogP) is -0.867. The van der Waals surface area contributed by atoms with Crippen LogP contribution in [0.3, 0.4) is 0 Å². The molecule has 2 heterocycles. The fourth-order valence-electron chi connectivity index (χ4n) is 1.36. The molecule has 0 radical (unpaired) electrons. The van der Waals surface area contributed by atoms with E-state index in [2.05, 4.69) is 15.0 Å². The Balaban J connectivity index is 1.98. The molecule has 0 spiro atoms. The Labute approximate surface area is 79.8 Å². The van der Waals surface area contributed by atoms with Gasteiger partial charge in [-0.15, -0.1) is 0 Å². The molecule has 0 aromatic carbocycles. The zero-order valence-corrected chi connectivity index (χ0v) is 7.40. The van der Waals surface area contributed by atoms with E-state index >= 15 is 0 Å². The molecule has 1 aromatic heterocycles. The summed E-state index contributed by atoms with van der Waals surface area (Å²) in [7, 11) is 0. The van der Waals surface area contributed by atoms with Gasteiger partial charge < -0.3 is 4.52 Å². The van der Waals surface area contributed by atoms with Gasteiger partial charge in [-0.2, -0.15) is 0 Å². The Morgan fingerprint density at radius 3 is 2.71 bits per heavy atom. The van der Waals surface area contributed by atoms with Crippen molar-refractivity contribution in [2.24, 2.45) is 0 Å². The first kappa shape index (κ1) is 8.89. The number of amides is 2. The lowest BCUT2D eigenvalue weighted by atomic mass is 10.3. The van der Waals surface area contributed by atoms with Gasteiger partial charge >= 0.3 is 0 Å². The van der Waals surface area contributed by atoms with Crippen molar-refractivity contribution in [3.8, 4) is 0 Å². The van der Waals surface area contributed by atoms with Gasteiger partial charge in [0.25, 0.3) is 0 Å². The number of hydrogen-bond acceptors (Lipinski definition) is 5. The maximum atomic E-state index is 11.0. The van der Waals surface area contributed by atoms with E-state index in [1.54, 1.807) is 11.0 Å². The molecule has 2 rings (SSSR count). The van der Waals surface area contributed by atoms with E-state index in [9.17, 15) is 9.59 Å². The number of imide groups is 1. The van der Waals surface area contributed by atoms with Crippen molar-refractivity contribution in [1.29, 1.82) is 0 Å². The topological polar surface area (TPSA) is 75.4 Å². The third-order valence-electron chi connectivity index (χ3n) is 1.89. The molecule has 0 unspecified atom stereocenters. The largest absolute Gasteiger partial charge is 0.364 e. The summed E-state index contributed by atoms with van der Waals surface area (Å²) < 4.78 is 4.65. The maximum Gasteiger partial charge on any atom is 0.240 e. The fourth-order valence-corrected chi connectivity index (χ4v) is 1.36. The van der Waals surface area contributed by atoms with Gasteiger partial charge in [0.15, 0.2) is 0 Å². The van der Waals surface area contributed by atoms with Crippen LogP contribution in [-0.4, -0.2) is 35.0 Å². The molecule has 1 aromatic rings. The average Bonchev–Trinajstić information content (AvgIpc) is 2.54. The molecule has 0 bridgehead atoms. The van der Waals surface area contributed by atoms with Gasteiger partial charge in [0.05, 0.1) is 18.8 Å². The SMILES string of the molecule is O=C1CN(Cc2ccon2)CC(=O)N1. The molecule has 74 valence electrons. The summed E-state index contributed by atoms with van der Waals surface area (Å²) in [5, 5.41) is 5.93. The molecular formula is C8H9N3O3. The second-order valence-corrected chi connectivity index (χ2v) is 3.11. The molecule has 1 aliphatic rings. The fraction of sp³-hybridized carbons (Fsp3) is 0.375. The van der Waals surface area contributed by atoms with Crippen LogP contribution in [0.4, 0.5) is 0 Å². The highest BCUT2D eigenvalue weighted by Crippen LogP contribution is 2.03. The summed E-state index contributed by atoms with van der Waals surface area (Å²) in [6.07, 6.45) is 1.46. The number of aromatic nitrogens is 1. The number of carbonyl (C=O) groups excluding carboxylic acids is 2. The van der Waals surface area contributed by atoms with Gasteiger partial charge in [0.2, 0.25) is 11.8 Å². The number of hydrogen-bond donors (Lipinski definition) is 1. The molecule has 1 fully saturated rings. The minimum atomic E-state index is -0.273. The summed E-state index contributed by atoms with van der Waals surface area (Å²) in [4.78, 5) is 23.7. The predicted molar refractivity (Wildman–Crippen MR) is 44.9 cm³/mol. The van der Waals surface area contributed by atoms with Crippen LogP contribution in [0.1, 0.15) is 5.69 Å². The van der Waals surface area contributed by atoms with Crippen molar-refractivity contribution >= 4 is 11.8 Å². The molecule has 6 nitrogen and oxygen atoms in total. The van der Waals surface area contributed by atoms with Gasteiger partial charge in [-0.1, -0.05) is 5.16 Å². The molecule has 0 atom stereocenters. The van der Waals surface area contributed by atoms with Crippen molar-refractivity contribution in [1.82, 2.24) is 15.4 Å². The first-order valence-corrected chi connectivity index (χ1v) is 4.18. The van der Waals surface area contributed by atoms with Crippen LogP contribution in [0.5, 0.6) is 0 Å². The van der Waals surface area contributed by atoms with E-state index in [1.165, 1.54) is 6.26 Å². The van der Waals surface area contributed by atoms with E-state index in [0.29, 0.717) is 12.2 Å². The van der Waals surface area contributed by atoms with E-state index < -0.39 is 0 Å². The highest BCUT2D eigenvalue weighted by molar-refractivity contribution is 5.99. The van der Waals surface area contributed by atoms with Crippen LogP contribution < -0.4 is 5.32 Å². The standard InChI is InChI=1S/C8H9N3O3/c12-7-4-11(5-8(13)9-7)3-6-1-2-14-10-6/h1-2H,3-5H2,(H,9,12,13). The summed E-state index contributed by atoms with van der Waals surface area (Å²) >= 11 is 0. The van der Waals surface area contributed by atoms with Crippen molar-refractivity contribution < 1.29 is 14.1 Å². The average molecular weight is 195 g/mol. The highest BCUT2D eigenvalue weighted by Gasteiger charge is 2.22. The smallest absolute Gasteiger partial charge is 0.240 e. The minimum absolute atomic E-state index is 0.221. The number of nitrogens with one attached hydrogen (secondary N) is 1. The molecule has 0 aliphatic carbocycles. The number of rotatable bonds is 2. The van der Waals surface area contributed by atoms with Crippen LogP contribution in [0.15, 0.2) is 16.9 Å². The van der Waals surface area contributed by atoms with Gasteiger partial charge in [-0.3, -0.25) is 19.8 Å². The Morgan fingerprint density at radius 2 is 2.14 bits per heavy atom. The van der Waals surface area contributed by atoms with Crippen molar-refractivity contribution in [2.45, 2.75) is 6.54 Å². The van der Waals surface area contributed by atoms with E-state index in [1.807, 2.05) is 0 Å². The molecule has 6 heteroatoms. The minimum Gasteiger partial charge on any atom is -0.364 e. The van der Waals surface area contributed by atoms with Gasteiger partial charge in [-0.25, -0.2) is 0 Å². The van der Waals surface area contributed by atoms with E-state index in [4.69, 9.17) is 0 Å². The summed E-state index contributed by atoms with van der Waals surface area (Å²) in [5.74, 6) is -0.547. The third-order valence-corrected chi connectivity index (χ3v) is 1.89. The first-order chi connectivity index (χ1) is 6.74. The van der Waals surface area contributed by atoms with Crippen LogP contribution in [0.2, 0.25) is 0 Å². The number of carbonyl (C=O) groups is 2. The summed E-state index contributed by atoms with van der Waals surface area (Å²) in [6.45, 7) is 0.896. The quantitative estimate of drug-likeness (QED) is 0.621. The molecule has 1 aliphatic heterocycles. The van der Waals surface area contributed by atoms with Gasteiger partial charge in [0, 0.05) is 12.6 Å². The number of nitrogens with zero attached hydrogens (tertiary/aromatic N) is 2. The van der Waals surface area contributed by atoms with Crippen molar-refractivity contribution in [3.05, 3.63) is 18.0 Å². The molecular weight excluding hydrogens is 186 g/mol. The molecule has 1 N–H and O–H groups in total.